The van der Waals surface area contributed by atoms with Crippen molar-refractivity contribution in [3.63, 3.8) is 0 Å². The molecule has 3 rings (SSSR count). The maximum absolute atomic E-state index is 13.3. The number of amides is 1. The summed E-state index contributed by atoms with van der Waals surface area (Å²) < 4.78 is 26.7. The summed E-state index contributed by atoms with van der Waals surface area (Å²) in [5.74, 6) is 3.43. The lowest BCUT2D eigenvalue weighted by atomic mass is 10.1. The molecule has 1 fully saturated rings. The average Bonchev–Trinajstić information content (AvgIpc) is 3.16. The first-order valence-electron chi connectivity index (χ1n) is 10.9. The molecule has 2 atom stereocenters. The van der Waals surface area contributed by atoms with Crippen LogP contribution in [0.1, 0.15) is 40.4 Å². The van der Waals surface area contributed by atoms with E-state index in [0.29, 0.717) is 18.7 Å². The zero-order chi connectivity index (χ0) is 24.0. The number of benzene rings is 2. The number of carbonyl (C=O) groups is 1. The molecule has 2 aromatic rings. The van der Waals surface area contributed by atoms with Crippen molar-refractivity contribution < 1.29 is 18.8 Å². The Balaban J connectivity index is 1.59. The molecule has 0 spiro atoms. The van der Waals surface area contributed by atoms with Gasteiger partial charge >= 0.3 is 0 Å². The van der Waals surface area contributed by atoms with E-state index in [2.05, 4.69) is 22.6 Å². The standard InChI is InChI=1S/C25H30F2N4O2/c1-18(23(28-2)29-33)30(3)24(32)22-12-10-20(11-13-22)5-4-19-6-8-21(9-7-19)16-31-15-14-25(26,27)17-31/h6-13,18,23,28-29,33H,14-17H2,1-3H3. The first kappa shape index (κ1) is 24.8. The third kappa shape index (κ3) is 6.59. The molecule has 0 radical (unpaired) electrons. The molecule has 0 aromatic heterocycles. The predicted molar refractivity (Wildman–Crippen MR) is 123 cm³/mol. The van der Waals surface area contributed by atoms with Gasteiger partial charge in [0.15, 0.2) is 0 Å². The highest BCUT2D eigenvalue weighted by Crippen LogP contribution is 2.27. The van der Waals surface area contributed by atoms with Crippen molar-refractivity contribution in [3.05, 3.63) is 70.8 Å². The van der Waals surface area contributed by atoms with Crippen LogP contribution in [-0.2, 0) is 6.54 Å². The Morgan fingerprint density at radius 1 is 1.15 bits per heavy atom. The first-order valence-corrected chi connectivity index (χ1v) is 10.9. The summed E-state index contributed by atoms with van der Waals surface area (Å²) in [6.07, 6.45) is -0.529. The molecule has 8 heteroatoms. The molecule has 1 aliphatic rings. The number of nitrogens with one attached hydrogen (secondary N) is 2. The molecule has 176 valence electrons. The van der Waals surface area contributed by atoms with Gasteiger partial charge in [-0.05, 0) is 55.9 Å². The zero-order valence-electron chi connectivity index (χ0n) is 19.1. The second-order valence-electron chi connectivity index (χ2n) is 8.39. The normalized spacial score (nSPS) is 17.2. The molecule has 1 saturated heterocycles. The van der Waals surface area contributed by atoms with Crippen molar-refractivity contribution in [2.45, 2.75) is 38.0 Å². The highest BCUT2D eigenvalue weighted by Gasteiger charge is 2.37. The van der Waals surface area contributed by atoms with Gasteiger partial charge in [0.2, 0.25) is 0 Å². The van der Waals surface area contributed by atoms with Crippen LogP contribution in [0.4, 0.5) is 8.78 Å². The molecule has 2 unspecified atom stereocenters. The van der Waals surface area contributed by atoms with Gasteiger partial charge in [-0.2, -0.15) is 5.48 Å². The Morgan fingerprint density at radius 3 is 2.21 bits per heavy atom. The number of carbonyl (C=O) groups excluding carboxylic acids is 1. The van der Waals surface area contributed by atoms with E-state index in [1.807, 2.05) is 31.2 Å². The maximum Gasteiger partial charge on any atom is 0.261 e. The Kier molecular flexibility index (Phi) is 8.16. The van der Waals surface area contributed by atoms with Gasteiger partial charge in [-0.1, -0.05) is 24.0 Å². The van der Waals surface area contributed by atoms with Gasteiger partial charge in [-0.15, -0.1) is 0 Å². The van der Waals surface area contributed by atoms with Gasteiger partial charge in [0.05, 0.1) is 12.6 Å². The summed E-state index contributed by atoms with van der Waals surface area (Å²) in [5, 5.41) is 12.1. The van der Waals surface area contributed by atoms with Gasteiger partial charge in [0, 0.05) is 43.2 Å². The van der Waals surface area contributed by atoms with Gasteiger partial charge in [-0.3, -0.25) is 9.69 Å². The summed E-state index contributed by atoms with van der Waals surface area (Å²) in [7, 11) is 3.37. The Morgan fingerprint density at radius 2 is 1.73 bits per heavy atom. The van der Waals surface area contributed by atoms with Crippen molar-refractivity contribution in [1.29, 1.82) is 0 Å². The topological polar surface area (TPSA) is 67.8 Å². The molecule has 1 amide bonds. The SMILES string of the molecule is CNC(NO)C(C)N(C)C(=O)c1ccc(C#Cc2ccc(CN3CCC(F)(F)C3)cc2)cc1. The minimum atomic E-state index is -2.58. The summed E-state index contributed by atoms with van der Waals surface area (Å²) >= 11 is 0. The summed E-state index contributed by atoms with van der Waals surface area (Å²) in [4.78, 5) is 16.0. The van der Waals surface area contributed by atoms with Crippen LogP contribution in [0.2, 0.25) is 0 Å². The number of rotatable bonds is 7. The second kappa shape index (κ2) is 10.9. The highest BCUT2D eigenvalue weighted by molar-refractivity contribution is 5.94. The number of likely N-dealkylation sites (N-methyl/N-ethyl adjacent to an activating group) is 2. The van der Waals surface area contributed by atoms with E-state index in [1.54, 1.807) is 48.2 Å². The predicted octanol–water partition coefficient (Wildman–Crippen LogP) is 2.91. The number of hydrogen-bond acceptors (Lipinski definition) is 5. The van der Waals surface area contributed by atoms with Gasteiger partial charge < -0.3 is 15.4 Å². The molecule has 0 saturated carbocycles. The van der Waals surface area contributed by atoms with E-state index in [-0.39, 0.29) is 24.9 Å². The summed E-state index contributed by atoms with van der Waals surface area (Å²) in [5.41, 5.74) is 5.26. The Bertz CT molecular complexity index is 996. The molecule has 1 heterocycles. The van der Waals surface area contributed by atoms with Gasteiger partial charge in [-0.25, -0.2) is 8.78 Å². The van der Waals surface area contributed by atoms with Crippen LogP contribution in [0.5, 0.6) is 0 Å². The third-order valence-corrected chi connectivity index (χ3v) is 5.96. The number of nitrogens with zero attached hydrogens (tertiary/aromatic N) is 2. The van der Waals surface area contributed by atoms with Gasteiger partial charge in [0.25, 0.3) is 11.8 Å². The van der Waals surface area contributed by atoms with Crippen LogP contribution in [0.15, 0.2) is 48.5 Å². The largest absolute Gasteiger partial charge is 0.336 e. The highest BCUT2D eigenvalue weighted by atomic mass is 19.3. The number of hydroxylamine groups is 1. The average molecular weight is 457 g/mol. The monoisotopic (exact) mass is 456 g/mol. The second-order valence-corrected chi connectivity index (χ2v) is 8.39. The lowest BCUT2D eigenvalue weighted by molar-refractivity contribution is 0.0115. The lowest BCUT2D eigenvalue weighted by Crippen LogP contribution is -2.54. The van der Waals surface area contributed by atoms with Crippen molar-refractivity contribution in [3.8, 4) is 11.8 Å². The summed E-state index contributed by atoms with van der Waals surface area (Å²) in [6, 6.07) is 14.4. The molecule has 3 N–H and O–H groups in total. The smallest absolute Gasteiger partial charge is 0.261 e. The number of halogens is 2. The maximum atomic E-state index is 13.3. The van der Waals surface area contributed by atoms with Crippen LogP contribution in [0.25, 0.3) is 0 Å². The van der Waals surface area contributed by atoms with E-state index in [4.69, 9.17) is 0 Å². The van der Waals surface area contributed by atoms with Crippen molar-refractivity contribution in [1.82, 2.24) is 20.6 Å². The zero-order valence-corrected chi connectivity index (χ0v) is 19.1. The molecule has 1 aliphatic heterocycles. The number of alkyl halides is 2. The first-order chi connectivity index (χ1) is 15.7. The van der Waals surface area contributed by atoms with E-state index in [9.17, 15) is 18.8 Å². The van der Waals surface area contributed by atoms with Crippen molar-refractivity contribution in [2.24, 2.45) is 0 Å². The van der Waals surface area contributed by atoms with Crippen LogP contribution in [0, 0.1) is 11.8 Å². The molecular formula is C25H30F2N4O2. The van der Waals surface area contributed by atoms with E-state index in [1.165, 1.54) is 0 Å². The molecule has 0 aliphatic carbocycles. The number of hydrogen-bond donors (Lipinski definition) is 3. The molecular weight excluding hydrogens is 426 g/mol. The van der Waals surface area contributed by atoms with Crippen LogP contribution >= 0.6 is 0 Å². The minimum absolute atomic E-state index is 0.0768. The number of likely N-dealkylation sites (tertiary alicyclic amines) is 1. The van der Waals surface area contributed by atoms with Crippen LogP contribution < -0.4 is 10.8 Å². The lowest BCUT2D eigenvalue weighted by Gasteiger charge is -2.30. The quantitative estimate of drug-likeness (QED) is 0.340. The molecule has 2 aromatic carbocycles. The Hall–Kier alpha value is -2.83. The van der Waals surface area contributed by atoms with E-state index >= 15 is 0 Å². The fourth-order valence-electron chi connectivity index (χ4n) is 3.76. The molecule has 33 heavy (non-hydrogen) atoms. The molecule has 0 bridgehead atoms. The minimum Gasteiger partial charge on any atom is -0.336 e. The van der Waals surface area contributed by atoms with Gasteiger partial charge in [0.1, 0.15) is 6.17 Å². The Labute approximate surface area is 193 Å². The third-order valence-electron chi connectivity index (χ3n) is 5.96. The van der Waals surface area contributed by atoms with Crippen molar-refractivity contribution in [2.75, 3.05) is 27.2 Å². The fraction of sp³-hybridized carbons (Fsp3) is 0.400. The summed E-state index contributed by atoms with van der Waals surface area (Å²) in [6.45, 7) is 2.56. The van der Waals surface area contributed by atoms with E-state index < -0.39 is 12.1 Å². The fourth-order valence-corrected chi connectivity index (χ4v) is 3.76. The van der Waals surface area contributed by atoms with E-state index in [0.717, 1.165) is 16.7 Å². The molecule has 6 nitrogen and oxygen atoms in total. The van der Waals surface area contributed by atoms with Crippen LogP contribution in [-0.4, -0.2) is 66.2 Å². The van der Waals surface area contributed by atoms with Crippen LogP contribution in [0.3, 0.4) is 0 Å². The van der Waals surface area contributed by atoms with Crippen molar-refractivity contribution >= 4 is 5.91 Å².